The SMILES string of the molecule is Cc1ccc(CCCCC(=O)/C=C/Cc2cc(C)cc(C)c2C)cc1. The van der Waals surface area contributed by atoms with E-state index in [1.165, 1.54) is 33.4 Å². The second kappa shape index (κ2) is 9.36. The zero-order valence-electron chi connectivity index (χ0n) is 16.1. The second-order valence-corrected chi connectivity index (χ2v) is 7.13. The molecule has 132 valence electrons. The fourth-order valence-electron chi connectivity index (χ4n) is 3.12. The topological polar surface area (TPSA) is 17.1 Å². The van der Waals surface area contributed by atoms with Crippen LogP contribution in [-0.2, 0) is 17.6 Å². The molecule has 0 atom stereocenters. The smallest absolute Gasteiger partial charge is 0.155 e. The van der Waals surface area contributed by atoms with Crippen molar-refractivity contribution >= 4 is 5.78 Å². The number of hydrogen-bond donors (Lipinski definition) is 0. The van der Waals surface area contributed by atoms with E-state index in [0.29, 0.717) is 6.42 Å². The third-order valence-electron chi connectivity index (χ3n) is 4.82. The maximum atomic E-state index is 12.0. The molecule has 0 saturated heterocycles. The summed E-state index contributed by atoms with van der Waals surface area (Å²) < 4.78 is 0. The van der Waals surface area contributed by atoms with Crippen LogP contribution in [0.15, 0.2) is 48.6 Å². The van der Waals surface area contributed by atoms with Crippen molar-refractivity contribution in [1.29, 1.82) is 0 Å². The largest absolute Gasteiger partial charge is 0.295 e. The average molecular weight is 335 g/mol. The Morgan fingerprint density at radius 3 is 2.36 bits per heavy atom. The van der Waals surface area contributed by atoms with Crippen molar-refractivity contribution in [3.8, 4) is 0 Å². The third-order valence-corrected chi connectivity index (χ3v) is 4.82. The van der Waals surface area contributed by atoms with E-state index in [1.54, 1.807) is 6.08 Å². The molecule has 0 aliphatic rings. The van der Waals surface area contributed by atoms with Crippen LogP contribution >= 0.6 is 0 Å². The molecule has 1 nitrogen and oxygen atoms in total. The molecule has 0 amide bonds. The number of ketones is 1. The predicted octanol–water partition coefficient (Wildman–Crippen LogP) is 6.00. The van der Waals surface area contributed by atoms with Gasteiger partial charge in [0.25, 0.3) is 0 Å². The Hall–Kier alpha value is -2.15. The van der Waals surface area contributed by atoms with Crippen LogP contribution in [-0.4, -0.2) is 5.78 Å². The van der Waals surface area contributed by atoms with Gasteiger partial charge in [0.05, 0.1) is 0 Å². The Bertz CT molecular complexity index is 735. The van der Waals surface area contributed by atoms with Gasteiger partial charge in [0.2, 0.25) is 0 Å². The molecule has 0 spiro atoms. The van der Waals surface area contributed by atoms with Crippen LogP contribution in [0.4, 0.5) is 0 Å². The van der Waals surface area contributed by atoms with E-state index in [0.717, 1.165) is 25.7 Å². The Labute approximate surface area is 152 Å². The highest BCUT2D eigenvalue weighted by Gasteiger charge is 2.02. The van der Waals surface area contributed by atoms with Crippen LogP contribution in [0.25, 0.3) is 0 Å². The molecule has 0 aromatic heterocycles. The summed E-state index contributed by atoms with van der Waals surface area (Å²) in [5.41, 5.74) is 7.92. The quantitative estimate of drug-likeness (QED) is 0.427. The van der Waals surface area contributed by atoms with Crippen LogP contribution in [0.5, 0.6) is 0 Å². The second-order valence-electron chi connectivity index (χ2n) is 7.13. The van der Waals surface area contributed by atoms with Crippen LogP contribution in [0.2, 0.25) is 0 Å². The molecule has 0 radical (unpaired) electrons. The number of allylic oxidation sites excluding steroid dienone is 2. The molecule has 2 aromatic rings. The number of rotatable bonds is 8. The summed E-state index contributed by atoms with van der Waals surface area (Å²) in [7, 11) is 0. The number of benzene rings is 2. The molecule has 1 heteroatoms. The first-order valence-corrected chi connectivity index (χ1v) is 9.27. The molecule has 0 aliphatic carbocycles. The van der Waals surface area contributed by atoms with E-state index < -0.39 is 0 Å². The first-order chi connectivity index (χ1) is 12.0. The molecule has 0 aliphatic heterocycles. The minimum atomic E-state index is 0.242. The Morgan fingerprint density at radius 1 is 0.920 bits per heavy atom. The average Bonchev–Trinajstić information content (AvgIpc) is 2.57. The van der Waals surface area contributed by atoms with Gasteiger partial charge >= 0.3 is 0 Å². The van der Waals surface area contributed by atoms with Gasteiger partial charge in [-0.1, -0.05) is 53.6 Å². The van der Waals surface area contributed by atoms with Gasteiger partial charge in [-0.15, -0.1) is 0 Å². The lowest BCUT2D eigenvalue weighted by Crippen LogP contribution is -1.96. The first-order valence-electron chi connectivity index (χ1n) is 9.27. The molecule has 0 unspecified atom stereocenters. The van der Waals surface area contributed by atoms with E-state index in [4.69, 9.17) is 0 Å². The van der Waals surface area contributed by atoms with E-state index in [9.17, 15) is 4.79 Å². The lowest BCUT2D eigenvalue weighted by Gasteiger charge is -2.08. The van der Waals surface area contributed by atoms with Gasteiger partial charge in [-0.3, -0.25) is 4.79 Å². The Morgan fingerprint density at radius 2 is 1.64 bits per heavy atom. The van der Waals surface area contributed by atoms with E-state index in [1.807, 2.05) is 6.08 Å². The first kappa shape index (κ1) is 19.2. The van der Waals surface area contributed by atoms with Crippen molar-refractivity contribution < 1.29 is 4.79 Å². The highest BCUT2D eigenvalue weighted by molar-refractivity contribution is 5.89. The van der Waals surface area contributed by atoms with Crippen LogP contribution in [0.3, 0.4) is 0 Å². The number of hydrogen-bond acceptors (Lipinski definition) is 1. The van der Waals surface area contributed by atoms with E-state index in [2.05, 4.69) is 64.1 Å². The minimum absolute atomic E-state index is 0.242. The van der Waals surface area contributed by atoms with Crippen LogP contribution in [0.1, 0.15) is 52.6 Å². The zero-order valence-corrected chi connectivity index (χ0v) is 16.1. The minimum Gasteiger partial charge on any atom is -0.295 e. The van der Waals surface area contributed by atoms with Crippen molar-refractivity contribution in [2.45, 2.75) is 59.8 Å². The Balaban J connectivity index is 1.73. The molecule has 0 fully saturated rings. The van der Waals surface area contributed by atoms with E-state index in [-0.39, 0.29) is 5.78 Å². The zero-order chi connectivity index (χ0) is 18.2. The standard InChI is InChI=1S/C24H30O/c1-18-12-14-22(15-13-18)8-5-6-10-24(25)11-7-9-23-17-19(2)16-20(3)21(23)4/h7,11-17H,5-6,8-10H2,1-4H3/b11-7+. The summed E-state index contributed by atoms with van der Waals surface area (Å²) >= 11 is 0. The van der Waals surface area contributed by atoms with Gasteiger partial charge in [-0.2, -0.15) is 0 Å². The van der Waals surface area contributed by atoms with E-state index >= 15 is 0 Å². The number of carbonyl (C=O) groups is 1. The lowest BCUT2D eigenvalue weighted by molar-refractivity contribution is -0.114. The van der Waals surface area contributed by atoms with Gasteiger partial charge in [0, 0.05) is 6.42 Å². The van der Waals surface area contributed by atoms with Gasteiger partial charge < -0.3 is 0 Å². The molecule has 2 aromatic carbocycles. The van der Waals surface area contributed by atoms with Crippen molar-refractivity contribution in [2.24, 2.45) is 0 Å². The maximum absolute atomic E-state index is 12.0. The van der Waals surface area contributed by atoms with Crippen LogP contribution in [0, 0.1) is 27.7 Å². The summed E-state index contributed by atoms with van der Waals surface area (Å²) in [6, 6.07) is 13.1. The van der Waals surface area contributed by atoms with Crippen LogP contribution < -0.4 is 0 Å². The Kier molecular flexibility index (Phi) is 7.18. The molecule has 25 heavy (non-hydrogen) atoms. The fourth-order valence-corrected chi connectivity index (χ4v) is 3.12. The number of carbonyl (C=O) groups excluding carboxylic acids is 1. The number of aryl methyl sites for hydroxylation is 4. The maximum Gasteiger partial charge on any atom is 0.155 e. The van der Waals surface area contributed by atoms with Gasteiger partial charge in [0.15, 0.2) is 5.78 Å². The van der Waals surface area contributed by atoms with Crippen molar-refractivity contribution in [2.75, 3.05) is 0 Å². The monoisotopic (exact) mass is 334 g/mol. The van der Waals surface area contributed by atoms with Gasteiger partial charge in [-0.25, -0.2) is 0 Å². The lowest BCUT2D eigenvalue weighted by atomic mass is 9.97. The summed E-state index contributed by atoms with van der Waals surface area (Å²) in [5, 5.41) is 0. The predicted molar refractivity (Wildman–Crippen MR) is 107 cm³/mol. The molecule has 2 rings (SSSR count). The molecule has 0 N–H and O–H groups in total. The van der Waals surface area contributed by atoms with Gasteiger partial charge in [-0.05, 0) is 81.7 Å². The van der Waals surface area contributed by atoms with Crippen molar-refractivity contribution in [3.05, 3.63) is 81.9 Å². The third kappa shape index (κ3) is 6.34. The highest BCUT2D eigenvalue weighted by Crippen LogP contribution is 2.17. The summed E-state index contributed by atoms with van der Waals surface area (Å²) in [5.74, 6) is 0.242. The molecule has 0 bridgehead atoms. The molecule has 0 heterocycles. The van der Waals surface area contributed by atoms with Crippen molar-refractivity contribution in [1.82, 2.24) is 0 Å². The fraction of sp³-hybridized carbons (Fsp3) is 0.375. The molecule has 0 saturated carbocycles. The normalized spacial score (nSPS) is 11.2. The summed E-state index contributed by atoms with van der Waals surface area (Å²) in [4.78, 5) is 12.0. The van der Waals surface area contributed by atoms with Crippen molar-refractivity contribution in [3.63, 3.8) is 0 Å². The summed E-state index contributed by atoms with van der Waals surface area (Å²) in [6.07, 6.45) is 8.35. The van der Waals surface area contributed by atoms with Gasteiger partial charge in [0.1, 0.15) is 0 Å². The summed E-state index contributed by atoms with van der Waals surface area (Å²) in [6.45, 7) is 8.53. The molecular weight excluding hydrogens is 304 g/mol. The number of unbranched alkanes of at least 4 members (excludes halogenated alkanes) is 1. The highest BCUT2D eigenvalue weighted by atomic mass is 16.1. The molecular formula is C24H30O.